The summed E-state index contributed by atoms with van der Waals surface area (Å²) >= 11 is 0.801. The third-order valence-electron chi connectivity index (χ3n) is 3.52. The second-order valence-electron chi connectivity index (χ2n) is 7.98. The van der Waals surface area contributed by atoms with Gasteiger partial charge in [0.2, 0.25) is 0 Å². The molecule has 0 radical (unpaired) electrons. The maximum absolute atomic E-state index is 13.5. The van der Waals surface area contributed by atoms with Gasteiger partial charge in [0.05, 0.1) is 0 Å². The summed E-state index contributed by atoms with van der Waals surface area (Å²) in [7, 11) is 0. The van der Waals surface area contributed by atoms with Crippen LogP contribution in [0.5, 0.6) is 0 Å². The van der Waals surface area contributed by atoms with E-state index in [1.165, 1.54) is 0 Å². The van der Waals surface area contributed by atoms with Gasteiger partial charge in [0, 0.05) is 6.42 Å². The number of hydrogen-bond acceptors (Lipinski definition) is 3. The van der Waals surface area contributed by atoms with Gasteiger partial charge in [-0.05, 0) is 45.3 Å². The van der Waals surface area contributed by atoms with Gasteiger partial charge in [-0.25, -0.2) is 0 Å². The Balaban J connectivity index is 5.03. The Kier molecular flexibility index (Phi) is 9.28. The van der Waals surface area contributed by atoms with Gasteiger partial charge in [0.15, 0.2) is 0 Å². The molecule has 0 rings (SSSR count). The lowest BCUT2D eigenvalue weighted by atomic mass is 10.00. The lowest BCUT2D eigenvalue weighted by molar-refractivity contribution is -0.396. The van der Waals surface area contributed by atoms with Crippen LogP contribution in [0.3, 0.4) is 0 Å². The van der Waals surface area contributed by atoms with Crippen molar-refractivity contribution in [3.63, 3.8) is 0 Å². The van der Waals surface area contributed by atoms with Crippen LogP contribution in [0.2, 0.25) is 0 Å². The summed E-state index contributed by atoms with van der Waals surface area (Å²) in [4.78, 5) is 12.2. The van der Waals surface area contributed by atoms with E-state index in [4.69, 9.17) is 4.74 Å². The van der Waals surface area contributed by atoms with E-state index in [-0.39, 0.29) is 18.1 Å². The highest BCUT2D eigenvalue weighted by atomic mass is 32.2. The van der Waals surface area contributed by atoms with Gasteiger partial charge in [-0.15, -0.1) is 11.8 Å². The Morgan fingerprint density at radius 1 is 0.897 bits per heavy atom. The van der Waals surface area contributed by atoms with E-state index in [0.717, 1.165) is 11.8 Å². The maximum atomic E-state index is 13.5. The van der Waals surface area contributed by atoms with Crippen LogP contribution < -0.4 is 0 Å². The molecule has 0 aliphatic heterocycles. The average molecular weight is 464 g/mol. The topological polar surface area (TPSA) is 26.3 Å². The minimum atomic E-state index is -6.88. The second kappa shape index (κ2) is 9.55. The van der Waals surface area contributed by atoms with E-state index in [0.29, 0.717) is 0 Å². The molecule has 0 saturated carbocycles. The molecule has 0 aromatic heterocycles. The fourth-order valence-corrected chi connectivity index (χ4v) is 3.41. The van der Waals surface area contributed by atoms with Crippen LogP contribution in [-0.2, 0) is 9.53 Å². The highest BCUT2D eigenvalue weighted by Gasteiger charge is 2.81. The summed E-state index contributed by atoms with van der Waals surface area (Å²) in [5.41, 5.74) is -0.828. The van der Waals surface area contributed by atoms with Crippen molar-refractivity contribution < 1.29 is 49.0 Å². The summed E-state index contributed by atoms with van der Waals surface area (Å²) in [6, 6.07) is 0. The first-order valence-electron chi connectivity index (χ1n) is 8.70. The number of alkyl halides is 9. The van der Waals surface area contributed by atoms with E-state index in [9.17, 15) is 44.3 Å². The number of hydrogen-bond donors (Lipinski definition) is 0. The number of rotatable bonds is 10. The van der Waals surface area contributed by atoms with Crippen LogP contribution in [0.1, 0.15) is 53.9 Å². The molecule has 0 fully saturated rings. The number of carbonyl (C=O) groups excluding carboxylic acids is 1. The first kappa shape index (κ1) is 28.2. The molecule has 0 amide bonds. The number of esters is 1. The summed E-state index contributed by atoms with van der Waals surface area (Å²) in [6.45, 7) is 8.35. The van der Waals surface area contributed by atoms with Crippen LogP contribution in [-0.4, -0.2) is 46.5 Å². The first-order valence-corrected chi connectivity index (χ1v) is 9.75. The SMILES string of the molecule is CC(C)CC(SCCCC(F)(F)C(F)(F)C(F)(F)C(F)(F)F)C(=O)OC(C)(C)C. The van der Waals surface area contributed by atoms with Gasteiger partial charge in [0.25, 0.3) is 0 Å². The third-order valence-corrected chi connectivity index (χ3v) is 4.83. The van der Waals surface area contributed by atoms with Crippen LogP contribution in [0.25, 0.3) is 0 Å². The molecular formula is C17H25F9O2S. The molecule has 174 valence electrons. The zero-order valence-electron chi connectivity index (χ0n) is 16.6. The molecule has 0 aliphatic rings. The Labute approximate surface area is 167 Å². The first-order chi connectivity index (χ1) is 12.7. The molecule has 0 saturated heterocycles. The Morgan fingerprint density at radius 3 is 1.76 bits per heavy atom. The average Bonchev–Trinajstić information content (AvgIpc) is 2.46. The van der Waals surface area contributed by atoms with Crippen molar-refractivity contribution in [3.05, 3.63) is 0 Å². The van der Waals surface area contributed by atoms with Crippen LogP contribution in [0.4, 0.5) is 39.5 Å². The number of halogens is 9. The van der Waals surface area contributed by atoms with E-state index in [1.807, 2.05) is 0 Å². The second-order valence-corrected chi connectivity index (χ2v) is 9.29. The molecule has 0 spiro atoms. The normalized spacial score (nSPS) is 15.6. The van der Waals surface area contributed by atoms with E-state index in [2.05, 4.69) is 0 Å². The van der Waals surface area contributed by atoms with Crippen molar-refractivity contribution in [2.75, 3.05) is 5.75 Å². The van der Waals surface area contributed by atoms with E-state index >= 15 is 0 Å². The number of carbonyl (C=O) groups is 1. The van der Waals surface area contributed by atoms with Gasteiger partial charge < -0.3 is 4.74 Å². The van der Waals surface area contributed by atoms with E-state index in [1.54, 1.807) is 34.6 Å². The minimum Gasteiger partial charge on any atom is -0.459 e. The molecule has 0 aliphatic carbocycles. The highest BCUT2D eigenvalue weighted by molar-refractivity contribution is 8.00. The smallest absolute Gasteiger partial charge is 0.459 e. The fourth-order valence-electron chi connectivity index (χ4n) is 2.11. The van der Waals surface area contributed by atoms with Crippen LogP contribution in [0, 0.1) is 5.92 Å². The van der Waals surface area contributed by atoms with Crippen molar-refractivity contribution in [2.45, 2.75) is 88.7 Å². The van der Waals surface area contributed by atoms with Crippen molar-refractivity contribution in [1.82, 2.24) is 0 Å². The molecule has 0 aromatic carbocycles. The van der Waals surface area contributed by atoms with Crippen molar-refractivity contribution in [3.8, 4) is 0 Å². The molecule has 0 bridgehead atoms. The van der Waals surface area contributed by atoms with Crippen LogP contribution in [0.15, 0.2) is 0 Å². The Morgan fingerprint density at radius 2 is 1.38 bits per heavy atom. The molecule has 1 atom stereocenters. The predicted octanol–water partition coefficient (Wildman–Crippen LogP) is 6.72. The molecule has 0 N–H and O–H groups in total. The molecule has 2 nitrogen and oxygen atoms in total. The van der Waals surface area contributed by atoms with E-state index < -0.39 is 53.6 Å². The molecular weight excluding hydrogens is 439 g/mol. The third kappa shape index (κ3) is 7.75. The van der Waals surface area contributed by atoms with Crippen molar-refractivity contribution in [2.24, 2.45) is 5.92 Å². The van der Waals surface area contributed by atoms with Gasteiger partial charge in [0.1, 0.15) is 10.9 Å². The molecule has 1 unspecified atom stereocenters. The zero-order valence-corrected chi connectivity index (χ0v) is 17.4. The summed E-state index contributed by atoms with van der Waals surface area (Å²) in [5, 5.41) is -0.819. The molecule has 29 heavy (non-hydrogen) atoms. The highest BCUT2D eigenvalue weighted by Crippen LogP contribution is 2.54. The van der Waals surface area contributed by atoms with Gasteiger partial charge >= 0.3 is 29.9 Å². The van der Waals surface area contributed by atoms with Crippen LogP contribution >= 0.6 is 11.8 Å². The minimum absolute atomic E-state index is 0.00345. The summed E-state index contributed by atoms with van der Waals surface area (Å²) in [5.74, 6) is -20.1. The molecule has 0 aromatic rings. The maximum Gasteiger partial charge on any atom is 0.460 e. The summed E-state index contributed by atoms with van der Waals surface area (Å²) in [6.07, 6.45) is -9.26. The standard InChI is InChI=1S/C17H25F9O2S/c1-10(2)9-11(12(27)28-13(3,4)5)29-8-6-7-14(18,19)15(20,21)16(22,23)17(24,25)26/h10-11H,6-9H2,1-5H3. The quantitative estimate of drug-likeness (QED) is 0.204. The molecule has 0 heterocycles. The Bertz CT molecular complexity index is 540. The summed E-state index contributed by atoms with van der Waals surface area (Å²) < 4.78 is 121. The van der Waals surface area contributed by atoms with Crippen molar-refractivity contribution >= 4 is 17.7 Å². The van der Waals surface area contributed by atoms with Crippen molar-refractivity contribution in [1.29, 1.82) is 0 Å². The lowest BCUT2D eigenvalue weighted by Crippen LogP contribution is -2.60. The zero-order chi connectivity index (χ0) is 23.5. The monoisotopic (exact) mass is 464 g/mol. The molecule has 12 heteroatoms. The number of thioether (sulfide) groups is 1. The van der Waals surface area contributed by atoms with Gasteiger partial charge in [-0.3, -0.25) is 4.79 Å². The predicted molar refractivity (Wildman–Crippen MR) is 91.7 cm³/mol. The largest absolute Gasteiger partial charge is 0.460 e. The van der Waals surface area contributed by atoms with Gasteiger partial charge in [-0.2, -0.15) is 39.5 Å². The number of ether oxygens (including phenoxy) is 1. The Hall–Kier alpha value is -0.810. The lowest BCUT2D eigenvalue weighted by Gasteiger charge is -2.33. The van der Waals surface area contributed by atoms with Gasteiger partial charge in [-0.1, -0.05) is 13.8 Å². The fraction of sp³-hybridized carbons (Fsp3) is 0.941.